The number of aromatic nitrogens is 1. The van der Waals surface area contributed by atoms with Crippen molar-refractivity contribution in [2.24, 2.45) is 4.99 Å². The molecule has 0 amide bonds. The molecule has 0 atom stereocenters. The summed E-state index contributed by atoms with van der Waals surface area (Å²) in [4.78, 5) is 4.65. The third kappa shape index (κ3) is 3.12. The van der Waals surface area contributed by atoms with Gasteiger partial charge in [0.05, 0.1) is 11.4 Å². The van der Waals surface area contributed by atoms with Crippen LogP contribution >= 0.6 is 0 Å². The molecule has 138 valence electrons. The average molecular weight is 360 g/mol. The van der Waals surface area contributed by atoms with E-state index in [1.165, 1.54) is 28.2 Å². The van der Waals surface area contributed by atoms with Crippen LogP contribution in [0.15, 0.2) is 47.5 Å². The van der Waals surface area contributed by atoms with Crippen LogP contribution in [0.3, 0.4) is 0 Å². The van der Waals surface area contributed by atoms with Crippen LogP contribution in [0.1, 0.15) is 35.0 Å². The number of rotatable bonds is 4. The van der Waals surface area contributed by atoms with E-state index < -0.39 is 0 Å². The second kappa shape index (κ2) is 6.95. The number of nitrogens with zero attached hydrogens (tertiary/aromatic N) is 2. The van der Waals surface area contributed by atoms with E-state index in [9.17, 15) is 0 Å². The summed E-state index contributed by atoms with van der Waals surface area (Å²) in [5, 5.41) is 0. The summed E-state index contributed by atoms with van der Waals surface area (Å²) in [5.41, 5.74) is 8.32. The molecule has 0 spiro atoms. The fraction of sp³-hybridized carbons (Fsp3) is 0.261. The summed E-state index contributed by atoms with van der Waals surface area (Å²) in [6.07, 6.45) is 2.94. The molecule has 0 fully saturated rings. The SMILES string of the molecule is CCc1cccc(C)c1-n1c(C)cc(C=Nc2ccc3c(c2)OCO3)c1C. The van der Waals surface area contributed by atoms with E-state index in [0.29, 0.717) is 0 Å². The Morgan fingerprint density at radius 2 is 1.85 bits per heavy atom. The Kier molecular flexibility index (Phi) is 4.48. The molecule has 4 nitrogen and oxygen atoms in total. The Bertz CT molecular complexity index is 1030. The van der Waals surface area contributed by atoms with E-state index in [-0.39, 0.29) is 6.79 Å². The first-order valence-electron chi connectivity index (χ1n) is 9.30. The third-order valence-corrected chi connectivity index (χ3v) is 5.10. The van der Waals surface area contributed by atoms with Gasteiger partial charge in [0.1, 0.15) is 0 Å². The lowest BCUT2D eigenvalue weighted by atomic mass is 10.1. The Morgan fingerprint density at radius 1 is 1.04 bits per heavy atom. The molecular weight excluding hydrogens is 336 g/mol. The first-order valence-corrected chi connectivity index (χ1v) is 9.30. The molecule has 1 aliphatic heterocycles. The van der Waals surface area contributed by atoms with Crippen LogP contribution in [0.2, 0.25) is 0 Å². The van der Waals surface area contributed by atoms with E-state index >= 15 is 0 Å². The minimum absolute atomic E-state index is 0.278. The minimum atomic E-state index is 0.278. The van der Waals surface area contributed by atoms with Crippen molar-refractivity contribution in [1.29, 1.82) is 0 Å². The topological polar surface area (TPSA) is 35.8 Å². The zero-order valence-electron chi connectivity index (χ0n) is 16.2. The zero-order chi connectivity index (χ0) is 19.0. The molecule has 0 radical (unpaired) electrons. The first kappa shape index (κ1) is 17.4. The van der Waals surface area contributed by atoms with Gasteiger partial charge in [-0.2, -0.15) is 0 Å². The third-order valence-electron chi connectivity index (χ3n) is 5.10. The molecule has 2 aromatic carbocycles. The molecule has 0 saturated heterocycles. The van der Waals surface area contributed by atoms with Crippen LogP contribution < -0.4 is 9.47 Å². The Morgan fingerprint density at radius 3 is 2.67 bits per heavy atom. The number of benzene rings is 2. The van der Waals surface area contributed by atoms with Crippen molar-refractivity contribution >= 4 is 11.9 Å². The van der Waals surface area contributed by atoms with Crippen molar-refractivity contribution in [1.82, 2.24) is 4.57 Å². The number of ether oxygens (including phenoxy) is 2. The molecule has 0 bridgehead atoms. The molecular formula is C23H24N2O2. The first-order chi connectivity index (χ1) is 13.1. The predicted octanol–water partition coefficient (Wildman–Crippen LogP) is 5.44. The zero-order valence-corrected chi connectivity index (χ0v) is 16.2. The lowest BCUT2D eigenvalue weighted by Gasteiger charge is -2.17. The van der Waals surface area contributed by atoms with E-state index in [4.69, 9.17) is 9.47 Å². The molecule has 4 heteroatoms. The molecule has 0 unspecified atom stereocenters. The monoisotopic (exact) mass is 360 g/mol. The number of hydrogen-bond acceptors (Lipinski definition) is 3. The second-order valence-corrected chi connectivity index (χ2v) is 6.89. The number of fused-ring (bicyclic) bond motifs is 1. The maximum atomic E-state index is 5.43. The van der Waals surface area contributed by atoms with Crippen molar-refractivity contribution in [3.63, 3.8) is 0 Å². The molecule has 1 aromatic heterocycles. The van der Waals surface area contributed by atoms with Crippen molar-refractivity contribution in [3.05, 3.63) is 70.5 Å². The van der Waals surface area contributed by atoms with Gasteiger partial charge in [0.2, 0.25) is 6.79 Å². The molecule has 0 N–H and O–H groups in total. The quantitative estimate of drug-likeness (QED) is 0.581. The van der Waals surface area contributed by atoms with Crippen molar-refractivity contribution in [3.8, 4) is 17.2 Å². The molecule has 3 aromatic rings. The van der Waals surface area contributed by atoms with Crippen LogP contribution in [-0.4, -0.2) is 17.6 Å². The van der Waals surface area contributed by atoms with E-state index in [2.05, 4.69) is 61.5 Å². The Balaban J connectivity index is 1.72. The summed E-state index contributed by atoms with van der Waals surface area (Å²) in [6.45, 7) is 8.96. The van der Waals surface area contributed by atoms with Gasteiger partial charge < -0.3 is 14.0 Å². The van der Waals surface area contributed by atoms with Gasteiger partial charge in [0, 0.05) is 29.2 Å². The highest BCUT2D eigenvalue weighted by Gasteiger charge is 2.15. The van der Waals surface area contributed by atoms with Crippen LogP contribution in [-0.2, 0) is 6.42 Å². The highest BCUT2D eigenvalue weighted by Crippen LogP contribution is 2.35. The molecule has 27 heavy (non-hydrogen) atoms. The van der Waals surface area contributed by atoms with Gasteiger partial charge >= 0.3 is 0 Å². The van der Waals surface area contributed by atoms with Crippen LogP contribution in [0, 0.1) is 20.8 Å². The van der Waals surface area contributed by atoms with Crippen LogP contribution in [0.5, 0.6) is 11.5 Å². The lowest BCUT2D eigenvalue weighted by molar-refractivity contribution is 0.174. The minimum Gasteiger partial charge on any atom is -0.454 e. The number of aliphatic imine (C=N–C) groups is 1. The molecule has 4 rings (SSSR count). The van der Waals surface area contributed by atoms with Gasteiger partial charge in [-0.15, -0.1) is 0 Å². The van der Waals surface area contributed by atoms with Gasteiger partial charge in [0.25, 0.3) is 0 Å². The standard InChI is InChI=1S/C23H24N2O2/c1-5-18-8-6-7-15(2)23(18)25-16(3)11-19(17(25)4)13-24-20-9-10-21-22(12-20)27-14-26-21/h6-13H,5,14H2,1-4H3. The number of hydrogen-bond donors (Lipinski definition) is 0. The fourth-order valence-electron chi connectivity index (χ4n) is 3.70. The van der Waals surface area contributed by atoms with E-state index in [1.807, 2.05) is 24.4 Å². The maximum Gasteiger partial charge on any atom is 0.231 e. The maximum absolute atomic E-state index is 5.43. The molecule has 2 heterocycles. The van der Waals surface area contributed by atoms with Crippen LogP contribution in [0.25, 0.3) is 5.69 Å². The van der Waals surface area contributed by atoms with E-state index in [0.717, 1.165) is 29.2 Å². The summed E-state index contributed by atoms with van der Waals surface area (Å²) < 4.78 is 13.1. The van der Waals surface area contributed by atoms with Crippen molar-refractivity contribution in [2.45, 2.75) is 34.1 Å². The van der Waals surface area contributed by atoms with Crippen LogP contribution in [0.4, 0.5) is 5.69 Å². The largest absolute Gasteiger partial charge is 0.454 e. The number of aryl methyl sites for hydroxylation is 3. The molecule has 0 aliphatic carbocycles. The summed E-state index contributed by atoms with van der Waals surface area (Å²) in [5.74, 6) is 1.53. The summed E-state index contributed by atoms with van der Waals surface area (Å²) >= 11 is 0. The predicted molar refractivity (Wildman–Crippen MR) is 109 cm³/mol. The molecule has 0 saturated carbocycles. The van der Waals surface area contributed by atoms with Gasteiger partial charge in [-0.3, -0.25) is 4.99 Å². The van der Waals surface area contributed by atoms with Crippen molar-refractivity contribution < 1.29 is 9.47 Å². The number of para-hydroxylation sites is 1. The average Bonchev–Trinajstić information content (AvgIpc) is 3.24. The summed E-state index contributed by atoms with van der Waals surface area (Å²) in [6, 6.07) is 14.5. The highest BCUT2D eigenvalue weighted by molar-refractivity contribution is 5.84. The normalized spacial score (nSPS) is 12.9. The lowest BCUT2D eigenvalue weighted by Crippen LogP contribution is -2.05. The van der Waals surface area contributed by atoms with Gasteiger partial charge in [-0.1, -0.05) is 25.1 Å². The fourth-order valence-corrected chi connectivity index (χ4v) is 3.70. The Labute approximate surface area is 160 Å². The highest BCUT2D eigenvalue weighted by atomic mass is 16.7. The summed E-state index contributed by atoms with van der Waals surface area (Å²) in [7, 11) is 0. The van der Waals surface area contributed by atoms with Gasteiger partial charge in [-0.25, -0.2) is 0 Å². The smallest absolute Gasteiger partial charge is 0.231 e. The second-order valence-electron chi connectivity index (χ2n) is 6.89. The molecule has 1 aliphatic rings. The van der Waals surface area contributed by atoms with Gasteiger partial charge in [0.15, 0.2) is 11.5 Å². The van der Waals surface area contributed by atoms with Gasteiger partial charge in [-0.05, 0) is 56.5 Å². The van der Waals surface area contributed by atoms with E-state index in [1.54, 1.807) is 0 Å². The Hall–Kier alpha value is -3.01. The van der Waals surface area contributed by atoms with Crippen molar-refractivity contribution in [2.75, 3.05) is 6.79 Å².